The van der Waals surface area contributed by atoms with Crippen molar-refractivity contribution >= 4 is 16.8 Å². The molecule has 0 aliphatic heterocycles. The molecule has 0 saturated carbocycles. The first-order valence-electron chi connectivity index (χ1n) is 10.6. The molecule has 0 unspecified atom stereocenters. The number of aromatic nitrogens is 7. The molecule has 0 fully saturated rings. The Morgan fingerprint density at radius 1 is 1.24 bits per heavy atom. The van der Waals surface area contributed by atoms with Crippen molar-refractivity contribution in [3.8, 4) is 22.9 Å². The van der Waals surface area contributed by atoms with Gasteiger partial charge in [-0.15, -0.1) is 0 Å². The van der Waals surface area contributed by atoms with Crippen molar-refractivity contribution in [1.29, 1.82) is 0 Å². The van der Waals surface area contributed by atoms with Gasteiger partial charge in [0.2, 0.25) is 5.91 Å². The molecule has 13 heteroatoms. The summed E-state index contributed by atoms with van der Waals surface area (Å²) in [5, 5.41) is 16.7. The van der Waals surface area contributed by atoms with Crippen LogP contribution in [0, 0.1) is 6.92 Å². The first-order valence-corrected chi connectivity index (χ1v) is 10.6. The molecule has 34 heavy (non-hydrogen) atoms. The summed E-state index contributed by atoms with van der Waals surface area (Å²) >= 11 is 0. The fraction of sp³-hybridized carbons (Fsp3) is 0.381. The zero-order chi connectivity index (χ0) is 24.6. The quantitative estimate of drug-likeness (QED) is 0.404. The van der Waals surface area contributed by atoms with E-state index in [0.717, 1.165) is 11.4 Å². The molecule has 4 aromatic rings. The molecule has 3 heterocycles. The molecule has 0 aliphatic rings. The molecule has 0 spiro atoms. The number of halogens is 3. The average molecular weight is 475 g/mol. The molecule has 0 bridgehead atoms. The third kappa shape index (κ3) is 4.93. The van der Waals surface area contributed by atoms with E-state index in [0.29, 0.717) is 34.7 Å². The topological polar surface area (TPSA) is 124 Å². The second-order valence-corrected chi connectivity index (χ2v) is 8.06. The fourth-order valence-electron chi connectivity index (χ4n) is 3.75. The Hall–Kier alpha value is -3.74. The lowest BCUT2D eigenvalue weighted by atomic mass is 10.1. The minimum Gasteiger partial charge on any atom is -0.366 e. The van der Waals surface area contributed by atoms with Gasteiger partial charge in [-0.25, -0.2) is 4.98 Å². The van der Waals surface area contributed by atoms with Gasteiger partial charge in [-0.3, -0.25) is 24.2 Å². The maximum Gasteiger partial charge on any atom is 0.401 e. The van der Waals surface area contributed by atoms with Gasteiger partial charge in [0.1, 0.15) is 5.69 Å². The van der Waals surface area contributed by atoms with Gasteiger partial charge in [0.25, 0.3) is 0 Å². The van der Waals surface area contributed by atoms with Crippen LogP contribution in [0.3, 0.4) is 0 Å². The number of primary amides is 1. The molecular weight excluding hydrogens is 451 g/mol. The lowest BCUT2D eigenvalue weighted by molar-refractivity contribution is -0.143. The summed E-state index contributed by atoms with van der Waals surface area (Å²) in [6.07, 6.45) is -2.57. The molecule has 0 atom stereocenters. The highest BCUT2D eigenvalue weighted by Gasteiger charge is 2.29. The summed E-state index contributed by atoms with van der Waals surface area (Å²) in [5.74, 6) is 0.202. The molecule has 1 amide bonds. The van der Waals surface area contributed by atoms with Gasteiger partial charge in [-0.2, -0.15) is 28.5 Å². The molecular formula is C21H24F3N9O. The second-order valence-electron chi connectivity index (χ2n) is 8.06. The van der Waals surface area contributed by atoms with Crippen molar-refractivity contribution in [2.24, 2.45) is 5.73 Å². The number of aryl methyl sites for hydroxylation is 2. The van der Waals surface area contributed by atoms with E-state index >= 15 is 0 Å². The highest BCUT2D eigenvalue weighted by atomic mass is 19.4. The van der Waals surface area contributed by atoms with E-state index < -0.39 is 18.6 Å². The summed E-state index contributed by atoms with van der Waals surface area (Å²) < 4.78 is 41.1. The predicted octanol–water partition coefficient (Wildman–Crippen LogP) is 2.61. The number of alkyl halides is 3. The number of benzene rings is 1. The van der Waals surface area contributed by atoms with E-state index in [2.05, 4.69) is 25.4 Å². The fourth-order valence-corrected chi connectivity index (χ4v) is 3.75. The Labute approximate surface area is 192 Å². The number of hydrogen-bond acceptors (Lipinski definition) is 6. The second kappa shape index (κ2) is 8.89. The highest BCUT2D eigenvalue weighted by Crippen LogP contribution is 2.29. The van der Waals surface area contributed by atoms with Crippen LogP contribution >= 0.6 is 0 Å². The smallest absolute Gasteiger partial charge is 0.366 e. The highest BCUT2D eigenvalue weighted by molar-refractivity contribution is 6.02. The number of amides is 1. The predicted molar refractivity (Wildman–Crippen MR) is 119 cm³/mol. The molecule has 4 rings (SSSR count). The van der Waals surface area contributed by atoms with Crippen LogP contribution < -0.4 is 5.73 Å². The van der Waals surface area contributed by atoms with E-state index in [-0.39, 0.29) is 18.7 Å². The van der Waals surface area contributed by atoms with E-state index in [1.165, 1.54) is 16.6 Å². The minimum absolute atomic E-state index is 0.136. The van der Waals surface area contributed by atoms with Crippen LogP contribution in [0.15, 0.2) is 24.4 Å². The molecule has 3 aromatic heterocycles. The van der Waals surface area contributed by atoms with Crippen LogP contribution in [0.25, 0.3) is 33.8 Å². The Morgan fingerprint density at radius 2 is 2.00 bits per heavy atom. The standard InChI is InChI=1S/C21H24F3N9O/c1-4-33-17(7-12(2)29-33)20-26-19(27-28-20)14-8-13(18(25)34)9-16-15(14)10-32(30-16)6-5-31(3)11-21(22,23)24/h7-10H,4-6,11H2,1-3H3,(H2,25,34)(H,26,27,28). The summed E-state index contributed by atoms with van der Waals surface area (Å²) in [4.78, 5) is 17.7. The van der Waals surface area contributed by atoms with Gasteiger partial charge in [0.05, 0.1) is 24.3 Å². The largest absolute Gasteiger partial charge is 0.401 e. The average Bonchev–Trinajstić information content (AvgIpc) is 3.47. The number of hydrogen-bond donors (Lipinski definition) is 2. The van der Waals surface area contributed by atoms with Gasteiger partial charge < -0.3 is 5.73 Å². The summed E-state index contributed by atoms with van der Waals surface area (Å²) in [7, 11) is 1.39. The lowest BCUT2D eigenvalue weighted by Crippen LogP contribution is -2.33. The Balaban J connectivity index is 1.69. The number of likely N-dealkylation sites (N-methyl/N-ethyl adjacent to an activating group) is 1. The number of H-pyrrole nitrogens is 1. The first kappa shape index (κ1) is 23.4. The maximum absolute atomic E-state index is 12.6. The van der Waals surface area contributed by atoms with Crippen molar-refractivity contribution in [3.05, 3.63) is 35.7 Å². The number of carbonyl (C=O) groups excluding carboxylic acids is 1. The number of nitrogens with two attached hydrogens (primary N) is 1. The normalized spacial score (nSPS) is 12.2. The molecule has 10 nitrogen and oxygen atoms in total. The maximum atomic E-state index is 12.6. The van der Waals surface area contributed by atoms with Crippen LogP contribution in [0.5, 0.6) is 0 Å². The summed E-state index contributed by atoms with van der Waals surface area (Å²) in [5.41, 5.74) is 8.33. The SMILES string of the molecule is CCn1nc(C)cc1-c1nc(-c2cc(C(N)=O)cc3nn(CCN(C)CC(F)(F)F)cc23)n[nH]1. The number of nitrogens with zero attached hydrogens (tertiary/aromatic N) is 7. The molecule has 3 N–H and O–H groups in total. The van der Waals surface area contributed by atoms with Gasteiger partial charge in [0.15, 0.2) is 11.6 Å². The third-order valence-electron chi connectivity index (χ3n) is 5.29. The van der Waals surface area contributed by atoms with E-state index in [1.54, 1.807) is 23.0 Å². The van der Waals surface area contributed by atoms with Crippen LogP contribution in [0.2, 0.25) is 0 Å². The van der Waals surface area contributed by atoms with Gasteiger partial charge in [-0.05, 0) is 39.1 Å². The zero-order valence-electron chi connectivity index (χ0n) is 18.9. The Kier molecular flexibility index (Phi) is 6.13. The molecule has 1 aromatic carbocycles. The van der Waals surface area contributed by atoms with Crippen LogP contribution in [0.1, 0.15) is 23.0 Å². The van der Waals surface area contributed by atoms with Crippen LogP contribution in [-0.4, -0.2) is 71.9 Å². The van der Waals surface area contributed by atoms with Gasteiger partial charge in [0, 0.05) is 35.8 Å². The molecule has 180 valence electrons. The van der Waals surface area contributed by atoms with Crippen molar-refractivity contribution < 1.29 is 18.0 Å². The summed E-state index contributed by atoms with van der Waals surface area (Å²) in [6.45, 7) is 3.84. The van der Waals surface area contributed by atoms with Crippen molar-refractivity contribution in [2.45, 2.75) is 33.1 Å². The van der Waals surface area contributed by atoms with E-state index in [4.69, 9.17) is 5.73 Å². The summed E-state index contributed by atoms with van der Waals surface area (Å²) in [6, 6.07) is 5.01. The van der Waals surface area contributed by atoms with E-state index in [9.17, 15) is 18.0 Å². The molecule has 0 saturated heterocycles. The molecule has 0 aliphatic carbocycles. The Bertz CT molecular complexity index is 1340. The van der Waals surface area contributed by atoms with Crippen molar-refractivity contribution in [3.63, 3.8) is 0 Å². The number of aromatic amines is 1. The zero-order valence-corrected chi connectivity index (χ0v) is 18.9. The third-order valence-corrected chi connectivity index (χ3v) is 5.29. The molecule has 0 radical (unpaired) electrons. The van der Waals surface area contributed by atoms with E-state index in [1.807, 2.05) is 19.9 Å². The number of nitrogens with one attached hydrogen (secondary N) is 1. The van der Waals surface area contributed by atoms with Crippen molar-refractivity contribution in [2.75, 3.05) is 20.1 Å². The lowest BCUT2D eigenvalue weighted by Gasteiger charge is -2.18. The monoisotopic (exact) mass is 475 g/mol. The first-order chi connectivity index (χ1) is 16.0. The Morgan fingerprint density at radius 3 is 2.68 bits per heavy atom. The van der Waals surface area contributed by atoms with Crippen LogP contribution in [-0.2, 0) is 13.1 Å². The van der Waals surface area contributed by atoms with Crippen LogP contribution in [0.4, 0.5) is 13.2 Å². The number of carbonyl (C=O) groups is 1. The van der Waals surface area contributed by atoms with Gasteiger partial charge >= 0.3 is 6.18 Å². The van der Waals surface area contributed by atoms with Crippen molar-refractivity contribution in [1.82, 2.24) is 39.6 Å². The van der Waals surface area contributed by atoms with Gasteiger partial charge in [-0.1, -0.05) is 0 Å². The number of fused-ring (bicyclic) bond motifs is 1. The number of rotatable bonds is 8. The minimum atomic E-state index is -4.28.